The molecule has 0 spiro atoms. The molecule has 32 heavy (non-hydrogen) atoms. The number of guanidine groups is 1. The number of halogens is 1. The van der Waals surface area contributed by atoms with Gasteiger partial charge in [0.15, 0.2) is 5.96 Å². The van der Waals surface area contributed by atoms with Crippen molar-refractivity contribution >= 4 is 29.8 Å². The standard InChI is InChI=1S/C19H21FN8O4/c1-27(2)19(30)32-26-13-8-28(9-13)17-23-6-12(7-24-17)14-5-3-4-11(15(14)20)10-31-18(29)25-16(21)22/h3-7H,8-10H2,1-2H3,(H4,21,22,25,29). The van der Waals surface area contributed by atoms with E-state index in [1.165, 1.54) is 23.4 Å². The second-order valence-electron chi connectivity index (χ2n) is 6.93. The van der Waals surface area contributed by atoms with Gasteiger partial charge in [0.05, 0.1) is 18.8 Å². The van der Waals surface area contributed by atoms with Gasteiger partial charge >= 0.3 is 12.2 Å². The number of amides is 2. The number of oxime groups is 1. The molecular formula is C19H21FN8O4. The van der Waals surface area contributed by atoms with E-state index in [9.17, 15) is 14.0 Å². The zero-order valence-corrected chi connectivity index (χ0v) is 17.3. The van der Waals surface area contributed by atoms with E-state index in [2.05, 4.69) is 15.1 Å². The average Bonchev–Trinajstić information content (AvgIpc) is 2.71. The Morgan fingerprint density at radius 2 is 2.00 bits per heavy atom. The summed E-state index contributed by atoms with van der Waals surface area (Å²) in [4.78, 5) is 39.1. The zero-order valence-electron chi connectivity index (χ0n) is 17.3. The first-order valence-corrected chi connectivity index (χ1v) is 9.31. The lowest BCUT2D eigenvalue weighted by molar-refractivity contribution is 0.121. The Balaban J connectivity index is 1.62. The second-order valence-corrected chi connectivity index (χ2v) is 6.93. The predicted octanol–water partition coefficient (Wildman–Crippen LogP) is 1.28. The molecule has 0 saturated carbocycles. The van der Waals surface area contributed by atoms with Crippen LogP contribution in [0, 0.1) is 11.2 Å². The fraction of sp³-hybridized carbons (Fsp3) is 0.263. The molecule has 2 heterocycles. The van der Waals surface area contributed by atoms with E-state index in [0.717, 1.165) is 0 Å². The first-order valence-electron chi connectivity index (χ1n) is 9.31. The molecule has 1 saturated heterocycles. The van der Waals surface area contributed by atoms with Crippen LogP contribution in [0.2, 0.25) is 0 Å². The number of nitrogens with two attached hydrogens (primary N) is 1. The lowest BCUT2D eigenvalue weighted by Gasteiger charge is -2.31. The van der Waals surface area contributed by atoms with Crippen LogP contribution in [0.3, 0.4) is 0 Å². The topological polar surface area (TPSA) is 159 Å². The Hall–Kier alpha value is -4.29. The minimum Gasteiger partial charge on any atom is -0.444 e. The summed E-state index contributed by atoms with van der Waals surface area (Å²) in [5, 5.41) is 12.7. The molecule has 0 bridgehead atoms. The highest BCUT2D eigenvalue weighted by Gasteiger charge is 2.25. The quantitative estimate of drug-likeness (QED) is 0.269. The number of ether oxygens (including phenoxy) is 1. The van der Waals surface area contributed by atoms with Crippen molar-refractivity contribution in [2.24, 2.45) is 10.9 Å². The van der Waals surface area contributed by atoms with Gasteiger partial charge in [-0.05, 0) is 0 Å². The minimum atomic E-state index is -0.955. The fourth-order valence-corrected chi connectivity index (χ4v) is 2.61. The Morgan fingerprint density at radius 3 is 2.62 bits per heavy atom. The summed E-state index contributed by atoms with van der Waals surface area (Å²) in [7, 11) is 3.11. The van der Waals surface area contributed by atoms with Crippen molar-refractivity contribution in [1.29, 1.82) is 5.41 Å². The van der Waals surface area contributed by atoms with Crippen LogP contribution in [-0.4, -0.2) is 65.9 Å². The van der Waals surface area contributed by atoms with Crippen LogP contribution in [0.15, 0.2) is 35.7 Å². The summed E-state index contributed by atoms with van der Waals surface area (Å²) in [6, 6.07) is 4.64. The number of alkyl carbamates (subject to hydrolysis) is 1. The molecule has 13 heteroatoms. The maximum Gasteiger partial charge on any atom is 0.435 e. The van der Waals surface area contributed by atoms with E-state index in [1.54, 1.807) is 31.1 Å². The maximum absolute atomic E-state index is 14.9. The van der Waals surface area contributed by atoms with Gasteiger partial charge in [0.1, 0.15) is 12.4 Å². The molecule has 3 rings (SSSR count). The van der Waals surface area contributed by atoms with Gasteiger partial charge in [-0.2, -0.15) is 0 Å². The highest BCUT2D eigenvalue weighted by atomic mass is 19.1. The first kappa shape index (κ1) is 22.4. The van der Waals surface area contributed by atoms with Gasteiger partial charge in [0.2, 0.25) is 5.95 Å². The summed E-state index contributed by atoms with van der Waals surface area (Å²) in [6.07, 6.45) is 1.44. The van der Waals surface area contributed by atoms with Crippen molar-refractivity contribution in [2.45, 2.75) is 6.61 Å². The average molecular weight is 444 g/mol. The van der Waals surface area contributed by atoms with Crippen molar-refractivity contribution in [3.63, 3.8) is 0 Å². The molecule has 1 aromatic carbocycles. The van der Waals surface area contributed by atoms with Gasteiger partial charge in [0.25, 0.3) is 0 Å². The number of nitrogens with one attached hydrogen (secondary N) is 2. The number of anilines is 1. The lowest BCUT2D eigenvalue weighted by Crippen LogP contribution is -2.48. The molecule has 1 aromatic heterocycles. The Kier molecular flexibility index (Phi) is 6.77. The number of carbonyl (C=O) groups is 2. The van der Waals surface area contributed by atoms with Crippen LogP contribution in [0.25, 0.3) is 11.1 Å². The Bertz CT molecular complexity index is 1050. The van der Waals surface area contributed by atoms with Crippen molar-refractivity contribution in [3.05, 3.63) is 42.0 Å². The van der Waals surface area contributed by atoms with Crippen LogP contribution in [0.1, 0.15) is 5.56 Å². The molecule has 1 aliphatic heterocycles. The highest BCUT2D eigenvalue weighted by Crippen LogP contribution is 2.26. The molecule has 12 nitrogen and oxygen atoms in total. The van der Waals surface area contributed by atoms with Gasteiger partial charge in [-0.3, -0.25) is 15.6 Å². The highest BCUT2D eigenvalue weighted by molar-refractivity contribution is 5.99. The van der Waals surface area contributed by atoms with Gasteiger partial charge < -0.3 is 20.3 Å². The molecule has 4 N–H and O–H groups in total. The number of carbonyl (C=O) groups excluding carboxylic acids is 2. The largest absolute Gasteiger partial charge is 0.444 e. The molecular weight excluding hydrogens is 423 g/mol. The number of hydrogen-bond acceptors (Lipinski definition) is 9. The SMILES string of the molecule is CN(C)C(=O)ON=C1CN(c2ncc(-c3cccc(COC(=O)NC(=N)N)c3F)cn2)C1. The van der Waals surface area contributed by atoms with E-state index in [0.29, 0.717) is 30.3 Å². The third-order valence-electron chi connectivity index (χ3n) is 4.27. The van der Waals surface area contributed by atoms with Crippen LogP contribution >= 0.6 is 0 Å². The van der Waals surface area contributed by atoms with Crippen molar-refractivity contribution in [2.75, 3.05) is 32.1 Å². The molecule has 2 aromatic rings. The second kappa shape index (κ2) is 9.68. The predicted molar refractivity (Wildman–Crippen MR) is 112 cm³/mol. The number of benzene rings is 1. The molecule has 0 radical (unpaired) electrons. The smallest absolute Gasteiger partial charge is 0.435 e. The molecule has 1 fully saturated rings. The monoisotopic (exact) mass is 444 g/mol. The van der Waals surface area contributed by atoms with E-state index in [1.807, 2.05) is 5.32 Å². The van der Waals surface area contributed by atoms with Crippen LogP contribution < -0.4 is 16.0 Å². The summed E-state index contributed by atoms with van der Waals surface area (Å²) in [5.74, 6) is -0.732. The Morgan fingerprint density at radius 1 is 1.31 bits per heavy atom. The molecule has 0 atom stereocenters. The molecule has 168 valence electrons. The summed E-state index contributed by atoms with van der Waals surface area (Å²) < 4.78 is 19.7. The fourth-order valence-electron chi connectivity index (χ4n) is 2.61. The first-order chi connectivity index (χ1) is 15.2. The maximum atomic E-state index is 14.9. The molecule has 0 aliphatic carbocycles. The van der Waals surface area contributed by atoms with Gasteiger partial charge in [-0.1, -0.05) is 23.4 Å². The van der Waals surface area contributed by atoms with Gasteiger partial charge in [-0.15, -0.1) is 0 Å². The van der Waals surface area contributed by atoms with Crippen molar-refractivity contribution in [3.8, 4) is 11.1 Å². The number of hydrogen-bond donors (Lipinski definition) is 3. The molecule has 1 aliphatic rings. The van der Waals surface area contributed by atoms with Gasteiger partial charge in [0, 0.05) is 43.2 Å². The van der Waals surface area contributed by atoms with E-state index in [-0.39, 0.29) is 17.7 Å². The van der Waals surface area contributed by atoms with E-state index < -0.39 is 24.0 Å². The lowest BCUT2D eigenvalue weighted by atomic mass is 10.1. The number of rotatable bonds is 5. The van der Waals surface area contributed by atoms with Crippen LogP contribution in [0.5, 0.6) is 0 Å². The van der Waals surface area contributed by atoms with E-state index >= 15 is 0 Å². The summed E-state index contributed by atoms with van der Waals surface area (Å²) in [5.41, 5.74) is 6.53. The number of nitrogens with zero attached hydrogens (tertiary/aromatic N) is 5. The van der Waals surface area contributed by atoms with Crippen LogP contribution in [-0.2, 0) is 16.2 Å². The summed E-state index contributed by atoms with van der Waals surface area (Å²) in [6.45, 7) is 0.471. The van der Waals surface area contributed by atoms with Crippen LogP contribution in [0.4, 0.5) is 19.9 Å². The Labute approximate surface area is 182 Å². The zero-order chi connectivity index (χ0) is 23.3. The summed E-state index contributed by atoms with van der Waals surface area (Å²) >= 11 is 0. The molecule has 0 unspecified atom stereocenters. The van der Waals surface area contributed by atoms with Crippen molar-refractivity contribution < 1.29 is 23.6 Å². The number of aromatic nitrogens is 2. The van der Waals surface area contributed by atoms with Gasteiger partial charge in [-0.25, -0.2) is 23.9 Å². The third-order valence-corrected chi connectivity index (χ3v) is 4.27. The van der Waals surface area contributed by atoms with E-state index in [4.69, 9.17) is 20.7 Å². The normalized spacial score (nSPS) is 12.5. The minimum absolute atomic E-state index is 0.140. The van der Waals surface area contributed by atoms with Crippen molar-refractivity contribution in [1.82, 2.24) is 20.2 Å². The third kappa shape index (κ3) is 5.44. The molecule has 2 amide bonds.